The molecule has 2 aromatic carbocycles. The molecular formula is C20H19BrN2O4. The van der Waals surface area contributed by atoms with Crippen molar-refractivity contribution in [1.82, 2.24) is 4.90 Å². The molecule has 6 nitrogen and oxygen atoms in total. The van der Waals surface area contributed by atoms with E-state index in [2.05, 4.69) is 21.2 Å². The molecule has 7 heteroatoms. The first-order chi connectivity index (χ1) is 12.8. The predicted molar refractivity (Wildman–Crippen MR) is 104 cm³/mol. The first-order valence-corrected chi connectivity index (χ1v) is 9.24. The summed E-state index contributed by atoms with van der Waals surface area (Å²) in [6, 6.07) is 12.6. The van der Waals surface area contributed by atoms with Crippen molar-refractivity contribution in [1.29, 1.82) is 0 Å². The summed E-state index contributed by atoms with van der Waals surface area (Å²) in [5.41, 5.74) is 2.84. The molecule has 1 unspecified atom stereocenters. The molecule has 1 aliphatic rings. The Morgan fingerprint density at radius 1 is 1.26 bits per heavy atom. The van der Waals surface area contributed by atoms with Gasteiger partial charge in [0.1, 0.15) is 0 Å². The summed E-state index contributed by atoms with van der Waals surface area (Å²) in [6.45, 7) is 1.75. The molecule has 140 valence electrons. The number of nitrogens with zero attached hydrogens (tertiary/aromatic N) is 1. The van der Waals surface area contributed by atoms with Gasteiger partial charge in [0.15, 0.2) is 6.10 Å². The van der Waals surface area contributed by atoms with Gasteiger partial charge in [0, 0.05) is 23.6 Å². The van der Waals surface area contributed by atoms with E-state index in [4.69, 9.17) is 4.74 Å². The van der Waals surface area contributed by atoms with Crippen molar-refractivity contribution < 1.29 is 19.1 Å². The number of cyclic esters (lactones) is 1. The van der Waals surface area contributed by atoms with Crippen molar-refractivity contribution in [2.45, 2.75) is 19.4 Å². The third-order valence-electron chi connectivity index (χ3n) is 4.39. The van der Waals surface area contributed by atoms with Gasteiger partial charge in [-0.1, -0.05) is 34.1 Å². The second-order valence-electron chi connectivity index (χ2n) is 6.46. The number of rotatable bonds is 4. The number of halogens is 1. The lowest BCUT2D eigenvalue weighted by Gasteiger charge is -2.27. The quantitative estimate of drug-likeness (QED) is 0.756. The van der Waals surface area contributed by atoms with Gasteiger partial charge in [-0.05, 0) is 42.3 Å². The summed E-state index contributed by atoms with van der Waals surface area (Å²) in [4.78, 5) is 38.2. The molecule has 0 radical (unpaired) electrons. The van der Waals surface area contributed by atoms with Gasteiger partial charge >= 0.3 is 5.97 Å². The maximum absolute atomic E-state index is 12.6. The van der Waals surface area contributed by atoms with E-state index < -0.39 is 18.0 Å². The number of hydrogen-bond acceptors (Lipinski definition) is 4. The third-order valence-corrected chi connectivity index (χ3v) is 4.88. The zero-order valence-electron chi connectivity index (χ0n) is 15.0. The van der Waals surface area contributed by atoms with Crippen LogP contribution in [0.1, 0.15) is 21.5 Å². The zero-order chi connectivity index (χ0) is 19.6. The van der Waals surface area contributed by atoms with Crippen molar-refractivity contribution in [2.75, 3.05) is 18.9 Å². The molecule has 2 aromatic rings. The summed E-state index contributed by atoms with van der Waals surface area (Å²) in [5, 5.41) is 2.79. The average molecular weight is 431 g/mol. The summed E-state index contributed by atoms with van der Waals surface area (Å²) in [5.74, 6) is -1.24. The summed E-state index contributed by atoms with van der Waals surface area (Å²) in [7, 11) is 1.52. The van der Waals surface area contributed by atoms with Crippen molar-refractivity contribution in [3.63, 3.8) is 0 Å². The molecular weight excluding hydrogens is 412 g/mol. The van der Waals surface area contributed by atoms with E-state index >= 15 is 0 Å². The Hall–Kier alpha value is -2.67. The van der Waals surface area contributed by atoms with Crippen molar-refractivity contribution in [3.05, 3.63) is 63.6 Å². The maximum Gasteiger partial charge on any atom is 0.339 e. The number of ether oxygens (including phenoxy) is 1. The largest absolute Gasteiger partial charge is 0.448 e. The molecule has 0 fully saturated rings. The molecule has 1 atom stereocenters. The van der Waals surface area contributed by atoms with Crippen molar-refractivity contribution in [2.24, 2.45) is 0 Å². The molecule has 1 N–H and O–H groups in total. The Balaban J connectivity index is 1.62. The minimum atomic E-state index is -0.917. The number of amides is 2. The van der Waals surface area contributed by atoms with Crippen LogP contribution in [0.15, 0.2) is 46.9 Å². The predicted octanol–water partition coefficient (Wildman–Crippen LogP) is 2.94. The standard InChI is InChI=1S/C20H19BrN2O4/c1-12-9-14(21)7-8-16(12)22-18(24)11-23(2)19(25)17-10-13-5-3-4-6-15(13)20(26)27-17/h3-9,17H,10-11H2,1-2H3,(H,22,24). The molecule has 1 aliphatic heterocycles. The highest BCUT2D eigenvalue weighted by atomic mass is 79.9. The van der Waals surface area contributed by atoms with E-state index in [1.807, 2.05) is 25.1 Å². The SMILES string of the molecule is Cc1cc(Br)ccc1NC(=O)CN(C)C(=O)C1Cc2ccccc2C(=O)O1. The fraction of sp³-hybridized carbons (Fsp3) is 0.250. The molecule has 27 heavy (non-hydrogen) atoms. The van der Waals surface area contributed by atoms with E-state index in [0.717, 1.165) is 15.6 Å². The first-order valence-electron chi connectivity index (χ1n) is 8.45. The van der Waals surface area contributed by atoms with Gasteiger partial charge in [-0.25, -0.2) is 4.79 Å². The number of carbonyl (C=O) groups is 3. The lowest BCUT2D eigenvalue weighted by molar-refractivity contribution is -0.141. The minimum absolute atomic E-state index is 0.135. The first kappa shape index (κ1) is 19.1. The molecule has 1 heterocycles. The number of benzene rings is 2. The number of likely N-dealkylation sites (N-methyl/N-ethyl adjacent to an activating group) is 1. The van der Waals surface area contributed by atoms with Crippen LogP contribution in [0.2, 0.25) is 0 Å². The van der Waals surface area contributed by atoms with Gasteiger partial charge in [0.25, 0.3) is 5.91 Å². The molecule has 2 amide bonds. The number of nitrogens with one attached hydrogen (secondary N) is 1. The van der Waals surface area contributed by atoms with Crippen LogP contribution >= 0.6 is 15.9 Å². The van der Waals surface area contributed by atoms with Crippen LogP contribution < -0.4 is 5.32 Å². The number of carbonyl (C=O) groups excluding carboxylic acids is 3. The van der Waals surface area contributed by atoms with Gasteiger partial charge in [0.2, 0.25) is 5.91 Å². The summed E-state index contributed by atoms with van der Waals surface area (Å²) in [6.07, 6.45) is -0.613. The average Bonchev–Trinajstić information content (AvgIpc) is 2.63. The molecule has 0 spiro atoms. The van der Waals surface area contributed by atoms with Crippen LogP contribution in [0.4, 0.5) is 5.69 Å². The number of hydrogen-bond donors (Lipinski definition) is 1. The molecule has 0 aromatic heterocycles. The Kier molecular flexibility index (Phi) is 5.60. The summed E-state index contributed by atoms with van der Waals surface area (Å²) >= 11 is 3.38. The lowest BCUT2D eigenvalue weighted by atomic mass is 9.98. The normalized spacial score (nSPS) is 15.5. The van der Waals surface area contributed by atoms with Crippen LogP contribution in [0.5, 0.6) is 0 Å². The second kappa shape index (κ2) is 7.92. The van der Waals surface area contributed by atoms with Crippen molar-refractivity contribution in [3.8, 4) is 0 Å². The minimum Gasteiger partial charge on any atom is -0.448 e. The van der Waals surface area contributed by atoms with Crippen LogP contribution in [0.25, 0.3) is 0 Å². The number of fused-ring (bicyclic) bond motifs is 1. The lowest BCUT2D eigenvalue weighted by Crippen LogP contribution is -2.45. The molecule has 0 saturated heterocycles. The Morgan fingerprint density at radius 2 is 2.00 bits per heavy atom. The van der Waals surface area contributed by atoms with Gasteiger partial charge in [-0.2, -0.15) is 0 Å². The molecule has 0 bridgehead atoms. The van der Waals surface area contributed by atoms with Crippen LogP contribution in [-0.4, -0.2) is 42.4 Å². The van der Waals surface area contributed by atoms with Crippen LogP contribution in [0, 0.1) is 6.92 Å². The van der Waals surface area contributed by atoms with Gasteiger partial charge in [-0.3, -0.25) is 9.59 Å². The zero-order valence-corrected chi connectivity index (χ0v) is 16.6. The summed E-state index contributed by atoms with van der Waals surface area (Å²) < 4.78 is 6.18. The van der Waals surface area contributed by atoms with E-state index in [-0.39, 0.29) is 12.5 Å². The fourth-order valence-corrected chi connectivity index (χ4v) is 3.44. The highest BCUT2D eigenvalue weighted by Crippen LogP contribution is 2.22. The van der Waals surface area contributed by atoms with E-state index in [1.165, 1.54) is 11.9 Å². The smallest absolute Gasteiger partial charge is 0.339 e. The van der Waals surface area contributed by atoms with Gasteiger partial charge < -0.3 is 15.0 Å². The Morgan fingerprint density at radius 3 is 2.74 bits per heavy atom. The van der Waals surface area contributed by atoms with E-state index in [0.29, 0.717) is 17.7 Å². The van der Waals surface area contributed by atoms with Gasteiger partial charge in [0.05, 0.1) is 12.1 Å². The van der Waals surface area contributed by atoms with E-state index in [1.54, 1.807) is 24.3 Å². The fourth-order valence-electron chi connectivity index (χ4n) is 2.97. The number of aryl methyl sites for hydroxylation is 1. The monoisotopic (exact) mass is 430 g/mol. The van der Waals surface area contributed by atoms with Crippen molar-refractivity contribution >= 4 is 39.4 Å². The Labute approximate surface area is 165 Å². The van der Waals surface area contributed by atoms with Crippen LogP contribution in [-0.2, 0) is 20.7 Å². The van der Waals surface area contributed by atoms with Crippen LogP contribution in [0.3, 0.4) is 0 Å². The Bertz CT molecular complexity index is 913. The third kappa shape index (κ3) is 4.36. The topological polar surface area (TPSA) is 75.7 Å². The number of esters is 1. The molecule has 0 saturated carbocycles. The highest BCUT2D eigenvalue weighted by molar-refractivity contribution is 9.10. The van der Waals surface area contributed by atoms with E-state index in [9.17, 15) is 14.4 Å². The molecule has 0 aliphatic carbocycles. The number of anilines is 1. The molecule has 3 rings (SSSR count). The van der Waals surface area contributed by atoms with Gasteiger partial charge in [-0.15, -0.1) is 0 Å². The maximum atomic E-state index is 12.6. The highest BCUT2D eigenvalue weighted by Gasteiger charge is 2.33. The second-order valence-corrected chi connectivity index (χ2v) is 7.37.